The van der Waals surface area contributed by atoms with E-state index in [-0.39, 0.29) is 0 Å². The molecule has 0 aliphatic heterocycles. The molecule has 6 nitrogen and oxygen atoms in total. The van der Waals surface area contributed by atoms with Crippen LogP contribution in [-0.2, 0) is 0 Å². The first kappa shape index (κ1) is 57.3. The van der Waals surface area contributed by atoms with Gasteiger partial charge in [-0.2, -0.15) is 0 Å². The van der Waals surface area contributed by atoms with E-state index in [4.69, 9.17) is 9.47 Å². The molecule has 0 aliphatic rings. The van der Waals surface area contributed by atoms with Crippen molar-refractivity contribution in [2.45, 2.75) is 41.5 Å². The second-order valence-corrected chi connectivity index (χ2v) is 21.8. The van der Waals surface area contributed by atoms with E-state index < -0.39 is 0 Å². The van der Waals surface area contributed by atoms with Gasteiger partial charge in [-0.05, 0) is 233 Å². The Hall–Kier alpha value is -10.6. The molecule has 0 atom stereocenters. The van der Waals surface area contributed by atoms with Crippen LogP contribution in [0, 0.1) is 41.5 Å². The van der Waals surface area contributed by atoms with E-state index in [0.717, 1.165) is 79.5 Å². The van der Waals surface area contributed by atoms with Crippen LogP contribution < -0.4 is 29.1 Å². The molecule has 12 rings (SSSR count). The first-order chi connectivity index (χ1) is 42.0. The molecule has 86 heavy (non-hydrogen) atoms. The van der Waals surface area contributed by atoms with Crippen LogP contribution in [0.4, 0.5) is 68.2 Å². The van der Waals surface area contributed by atoms with Gasteiger partial charge in [-0.15, -0.1) is 0 Å². The maximum absolute atomic E-state index is 5.40. The van der Waals surface area contributed by atoms with Gasteiger partial charge in [0.15, 0.2) is 0 Å². The largest absolute Gasteiger partial charge is 0.497 e. The molecular weight excluding hydrogens is 1050 g/mol. The molecule has 6 heteroatoms. The highest BCUT2D eigenvalue weighted by Crippen LogP contribution is 2.42. The number of hydrogen-bond acceptors (Lipinski definition) is 6. The van der Waals surface area contributed by atoms with Crippen LogP contribution in [0.5, 0.6) is 11.5 Å². The summed E-state index contributed by atoms with van der Waals surface area (Å²) in [5, 5.41) is 0. The summed E-state index contributed by atoms with van der Waals surface area (Å²) in [5.74, 6) is 1.67. The number of hydrogen-bond donors (Lipinski definition) is 0. The third-order valence-electron chi connectivity index (χ3n) is 15.6. The van der Waals surface area contributed by atoms with Gasteiger partial charge < -0.3 is 29.1 Å². The van der Waals surface area contributed by atoms with Gasteiger partial charge in [-0.1, -0.05) is 156 Å². The smallest absolute Gasteiger partial charge is 0.119 e. The molecule has 0 heterocycles. The summed E-state index contributed by atoms with van der Waals surface area (Å²) in [6, 6.07) is 103. The maximum atomic E-state index is 5.40. The normalized spacial score (nSPS) is 10.8. The summed E-state index contributed by atoms with van der Waals surface area (Å²) in [4.78, 5) is 9.20. The van der Waals surface area contributed by atoms with Crippen LogP contribution in [0.3, 0.4) is 0 Å². The molecular formula is C80H72N4O2. The van der Waals surface area contributed by atoms with E-state index in [1.165, 1.54) is 55.9 Å². The number of benzene rings is 12. The fourth-order valence-electron chi connectivity index (χ4n) is 11.1. The third kappa shape index (κ3) is 13.1. The first-order valence-corrected chi connectivity index (χ1v) is 29.3. The molecule has 0 aromatic heterocycles. The van der Waals surface area contributed by atoms with Gasteiger partial charge in [0.2, 0.25) is 0 Å². The van der Waals surface area contributed by atoms with Crippen molar-refractivity contribution in [3.8, 4) is 33.8 Å². The lowest BCUT2D eigenvalue weighted by Crippen LogP contribution is -2.11. The molecule has 12 aromatic carbocycles. The summed E-state index contributed by atoms with van der Waals surface area (Å²) >= 11 is 0. The Bertz CT molecular complexity index is 3860. The Labute approximate surface area is 508 Å². The molecule has 0 aliphatic carbocycles. The molecule has 0 fully saturated rings. The molecule has 0 spiro atoms. The summed E-state index contributed by atoms with van der Waals surface area (Å²) in [6.07, 6.45) is 0. The number of ether oxygens (including phenoxy) is 2. The van der Waals surface area contributed by atoms with Crippen molar-refractivity contribution in [1.29, 1.82) is 0 Å². The topological polar surface area (TPSA) is 31.4 Å². The molecule has 424 valence electrons. The Morgan fingerprint density at radius 3 is 0.686 bits per heavy atom. The van der Waals surface area contributed by atoms with Gasteiger partial charge >= 0.3 is 0 Å². The van der Waals surface area contributed by atoms with Gasteiger partial charge in [0, 0.05) is 68.2 Å². The monoisotopic (exact) mass is 1120 g/mol. The summed E-state index contributed by atoms with van der Waals surface area (Å²) in [6.45, 7) is 12.9. The average molecular weight is 1120 g/mol. The summed E-state index contributed by atoms with van der Waals surface area (Å²) < 4.78 is 10.8. The van der Waals surface area contributed by atoms with E-state index in [1.54, 1.807) is 14.2 Å². The maximum Gasteiger partial charge on any atom is 0.119 e. The van der Waals surface area contributed by atoms with Crippen LogP contribution in [-0.4, -0.2) is 14.2 Å². The van der Waals surface area contributed by atoms with Gasteiger partial charge in [0.25, 0.3) is 0 Å². The summed E-state index contributed by atoms with van der Waals surface area (Å²) in [5.41, 5.74) is 25.7. The van der Waals surface area contributed by atoms with E-state index in [2.05, 4.69) is 328 Å². The number of anilines is 12. The lowest BCUT2D eigenvalue weighted by atomic mass is 10.0. The van der Waals surface area contributed by atoms with E-state index >= 15 is 0 Å². The number of nitrogens with zero attached hydrogens (tertiary/aromatic N) is 4. The van der Waals surface area contributed by atoms with Crippen LogP contribution in [0.2, 0.25) is 0 Å². The highest BCUT2D eigenvalue weighted by molar-refractivity contribution is 5.84. The van der Waals surface area contributed by atoms with Crippen molar-refractivity contribution in [2.75, 3.05) is 33.8 Å². The van der Waals surface area contributed by atoms with E-state index in [9.17, 15) is 0 Å². The highest BCUT2D eigenvalue weighted by atomic mass is 16.5. The summed E-state index contributed by atoms with van der Waals surface area (Å²) in [7, 11) is 3.38. The number of rotatable bonds is 16. The van der Waals surface area contributed by atoms with Crippen LogP contribution in [0.25, 0.3) is 22.3 Å². The third-order valence-corrected chi connectivity index (χ3v) is 15.6. The average Bonchev–Trinajstić information content (AvgIpc) is 3.50. The molecule has 0 saturated heterocycles. The Balaban J connectivity index is 0.000000179. The Kier molecular flexibility index (Phi) is 17.5. The predicted octanol–water partition coefficient (Wildman–Crippen LogP) is 22.5. The second-order valence-electron chi connectivity index (χ2n) is 21.8. The van der Waals surface area contributed by atoms with Crippen molar-refractivity contribution < 1.29 is 9.47 Å². The van der Waals surface area contributed by atoms with Crippen LogP contribution in [0.1, 0.15) is 33.4 Å². The zero-order chi connectivity index (χ0) is 59.5. The zero-order valence-electron chi connectivity index (χ0n) is 50.3. The van der Waals surface area contributed by atoms with Crippen molar-refractivity contribution in [1.82, 2.24) is 0 Å². The van der Waals surface area contributed by atoms with Crippen molar-refractivity contribution >= 4 is 68.2 Å². The van der Waals surface area contributed by atoms with Crippen LogP contribution >= 0.6 is 0 Å². The van der Waals surface area contributed by atoms with E-state index in [1.807, 2.05) is 24.3 Å². The second kappa shape index (κ2) is 26.3. The SMILES string of the molecule is COc1ccc(N(c2ccc(C)cc2)c2ccc(-c3ccc(N(c4ccc(C)cc4)c4ccc(OC)cc4)cc3)cc2)cc1.Cc1ccc(N(c2ccccc2)c2ccc(-c3ccc(N(c4ccccc4)c4ccc(C)cc4C)cc3)cc2)c(C)c1. The minimum Gasteiger partial charge on any atom is -0.497 e. The standard InChI is InChI=1S/C40H36N2O2.C40H36N2/c1-29-5-13-33(14-6-29)41(37-21-25-39(43-3)26-22-37)35-17-9-31(10-18-35)32-11-19-36(20-12-32)42(34-15-7-30(2)8-16-34)38-23-27-40(44-4)28-24-38;1-29-15-25-39(31(3)27-29)41(35-11-7-5-8-12-35)37-21-17-33(18-22-37)34-19-23-38(24-20-34)42(36-13-9-6-10-14-36)40-26-16-30(2)28-32(40)4/h5-28H,1-4H3;5-28H,1-4H3. The minimum absolute atomic E-state index is 0.837. The molecule has 12 aromatic rings. The molecule has 0 amide bonds. The Morgan fingerprint density at radius 1 is 0.209 bits per heavy atom. The fraction of sp³-hybridized carbons (Fsp3) is 0.100. The zero-order valence-corrected chi connectivity index (χ0v) is 50.3. The van der Waals surface area contributed by atoms with Gasteiger partial charge in [-0.25, -0.2) is 0 Å². The Morgan fingerprint density at radius 2 is 0.430 bits per heavy atom. The van der Waals surface area contributed by atoms with Crippen LogP contribution in [0.15, 0.2) is 291 Å². The number of aryl methyl sites for hydroxylation is 6. The molecule has 0 bridgehead atoms. The predicted molar refractivity (Wildman–Crippen MR) is 364 cm³/mol. The van der Waals surface area contributed by atoms with Gasteiger partial charge in [0.05, 0.1) is 14.2 Å². The minimum atomic E-state index is 0.837. The lowest BCUT2D eigenvalue weighted by molar-refractivity contribution is 0.414. The highest BCUT2D eigenvalue weighted by Gasteiger charge is 2.19. The van der Waals surface area contributed by atoms with Crippen molar-refractivity contribution in [3.63, 3.8) is 0 Å². The van der Waals surface area contributed by atoms with Gasteiger partial charge in [-0.3, -0.25) is 0 Å². The van der Waals surface area contributed by atoms with Gasteiger partial charge in [0.1, 0.15) is 11.5 Å². The first-order valence-electron chi connectivity index (χ1n) is 29.3. The molecule has 0 radical (unpaired) electrons. The quantitative estimate of drug-likeness (QED) is 0.0958. The molecule has 0 saturated carbocycles. The fourth-order valence-corrected chi connectivity index (χ4v) is 11.1. The number of methoxy groups -OCH3 is 2. The van der Waals surface area contributed by atoms with Crippen molar-refractivity contribution in [3.05, 3.63) is 325 Å². The van der Waals surface area contributed by atoms with Crippen molar-refractivity contribution in [2.24, 2.45) is 0 Å². The molecule has 0 unspecified atom stereocenters. The lowest BCUT2D eigenvalue weighted by Gasteiger charge is -2.28. The van der Waals surface area contributed by atoms with E-state index in [0.29, 0.717) is 0 Å². The molecule has 0 N–H and O–H groups in total. The number of para-hydroxylation sites is 2.